The third kappa shape index (κ3) is 4.38. The first-order valence-electron chi connectivity index (χ1n) is 10.4. The molecule has 0 spiro atoms. The lowest BCUT2D eigenvalue weighted by atomic mass is 9.87. The fraction of sp³-hybridized carbons (Fsp3) is 0.240. The van der Waals surface area contributed by atoms with E-state index < -0.39 is 5.60 Å². The van der Waals surface area contributed by atoms with Gasteiger partial charge in [-0.25, -0.2) is 4.39 Å². The van der Waals surface area contributed by atoms with Crippen LogP contribution in [0, 0.1) is 5.82 Å². The Morgan fingerprint density at radius 2 is 1.84 bits per heavy atom. The summed E-state index contributed by atoms with van der Waals surface area (Å²) in [5, 5.41) is 2.69. The highest BCUT2D eigenvalue weighted by Crippen LogP contribution is 2.31. The zero-order chi connectivity index (χ0) is 22.6. The zero-order valence-corrected chi connectivity index (χ0v) is 17.8. The van der Waals surface area contributed by atoms with Gasteiger partial charge in [-0.15, -0.1) is 0 Å². The van der Waals surface area contributed by atoms with Gasteiger partial charge in [-0.1, -0.05) is 42.5 Å². The smallest absolute Gasteiger partial charge is 0.272 e. The molecule has 2 aromatic carbocycles. The molecule has 0 saturated carbocycles. The number of likely N-dealkylation sites (N-methyl/N-ethyl adjacent to an activating group) is 1. The Balaban J connectivity index is 1.67. The van der Waals surface area contributed by atoms with E-state index in [9.17, 15) is 14.0 Å². The topological polar surface area (TPSA) is 71.5 Å². The van der Waals surface area contributed by atoms with Crippen molar-refractivity contribution in [2.45, 2.75) is 12.0 Å². The van der Waals surface area contributed by atoms with E-state index in [2.05, 4.69) is 10.3 Å². The largest absolute Gasteiger partial charge is 0.361 e. The molecule has 1 saturated heterocycles. The molecule has 1 aliphatic rings. The van der Waals surface area contributed by atoms with Gasteiger partial charge in [-0.2, -0.15) is 0 Å². The molecule has 2 heterocycles. The van der Waals surface area contributed by atoms with E-state index in [4.69, 9.17) is 4.74 Å². The summed E-state index contributed by atoms with van der Waals surface area (Å²) in [6.07, 6.45) is 1.82. The van der Waals surface area contributed by atoms with Gasteiger partial charge in [0.25, 0.3) is 11.8 Å². The summed E-state index contributed by atoms with van der Waals surface area (Å²) in [7, 11) is 1.55. The van der Waals surface area contributed by atoms with Crippen LogP contribution in [0.3, 0.4) is 0 Å². The Bertz CT molecular complexity index is 1100. The summed E-state index contributed by atoms with van der Waals surface area (Å²) in [5.74, 6) is -0.855. The number of carbonyl (C=O) groups is 2. The molecule has 32 heavy (non-hydrogen) atoms. The van der Waals surface area contributed by atoms with Crippen LogP contribution in [0.1, 0.15) is 16.1 Å². The Morgan fingerprint density at radius 3 is 2.56 bits per heavy atom. The number of benzene rings is 2. The van der Waals surface area contributed by atoms with Gasteiger partial charge in [0.2, 0.25) is 0 Å². The number of hydrogen-bond donors (Lipinski definition) is 1. The maximum Gasteiger partial charge on any atom is 0.272 e. The van der Waals surface area contributed by atoms with E-state index in [-0.39, 0.29) is 37.2 Å². The Labute approximate surface area is 186 Å². The molecule has 0 aliphatic carbocycles. The molecule has 0 bridgehead atoms. The van der Waals surface area contributed by atoms with Crippen LogP contribution in [0.25, 0.3) is 11.1 Å². The molecule has 4 rings (SSSR count). The van der Waals surface area contributed by atoms with E-state index in [1.807, 2.05) is 24.3 Å². The number of nitrogens with zero attached hydrogens (tertiary/aromatic N) is 2. The maximum absolute atomic E-state index is 13.4. The van der Waals surface area contributed by atoms with Crippen LogP contribution >= 0.6 is 0 Å². The second-order valence-corrected chi connectivity index (χ2v) is 7.70. The summed E-state index contributed by atoms with van der Waals surface area (Å²) in [5.41, 5.74) is 1.66. The highest BCUT2D eigenvalue weighted by molar-refractivity contribution is 5.94. The highest BCUT2D eigenvalue weighted by atomic mass is 19.1. The first-order chi connectivity index (χ1) is 15.5. The SMILES string of the molecule is CNC(=O)[C@@]1(Cc2ccccc2-c2ccc(F)cc2)CN(C(=O)c2ccccn2)CCO1. The molecule has 6 nitrogen and oxygen atoms in total. The van der Waals surface area contributed by atoms with Gasteiger partial charge in [-0.3, -0.25) is 14.6 Å². The van der Waals surface area contributed by atoms with Gasteiger partial charge in [0.15, 0.2) is 5.60 Å². The molecule has 1 fully saturated rings. The average molecular weight is 433 g/mol. The van der Waals surface area contributed by atoms with Crippen LogP contribution in [-0.4, -0.2) is 54.0 Å². The minimum Gasteiger partial charge on any atom is -0.361 e. The second kappa shape index (κ2) is 9.28. The zero-order valence-electron chi connectivity index (χ0n) is 17.8. The van der Waals surface area contributed by atoms with Crippen molar-refractivity contribution in [3.63, 3.8) is 0 Å². The number of pyridine rings is 1. The van der Waals surface area contributed by atoms with Crippen molar-refractivity contribution in [2.24, 2.45) is 0 Å². The van der Waals surface area contributed by atoms with Crippen LogP contribution in [-0.2, 0) is 16.0 Å². The van der Waals surface area contributed by atoms with Crippen LogP contribution < -0.4 is 5.32 Å². The van der Waals surface area contributed by atoms with Crippen molar-refractivity contribution in [3.05, 3.63) is 90.0 Å². The fourth-order valence-electron chi connectivity index (χ4n) is 4.05. The van der Waals surface area contributed by atoms with Crippen molar-refractivity contribution < 1.29 is 18.7 Å². The predicted octanol–water partition coefficient (Wildman–Crippen LogP) is 3.09. The molecule has 0 unspecified atom stereocenters. The summed E-state index contributed by atoms with van der Waals surface area (Å²) in [4.78, 5) is 31.8. The summed E-state index contributed by atoms with van der Waals surface area (Å²) < 4.78 is 19.5. The van der Waals surface area contributed by atoms with Crippen molar-refractivity contribution >= 4 is 11.8 Å². The van der Waals surface area contributed by atoms with Crippen LogP contribution in [0.2, 0.25) is 0 Å². The molecule has 1 atom stereocenters. The number of nitrogens with one attached hydrogen (secondary N) is 1. The summed E-state index contributed by atoms with van der Waals surface area (Å²) in [6.45, 7) is 0.693. The molecule has 1 aliphatic heterocycles. The van der Waals surface area contributed by atoms with E-state index >= 15 is 0 Å². The summed E-state index contributed by atoms with van der Waals surface area (Å²) >= 11 is 0. The van der Waals surface area contributed by atoms with Gasteiger partial charge in [0.1, 0.15) is 11.5 Å². The third-order valence-electron chi connectivity index (χ3n) is 5.65. The van der Waals surface area contributed by atoms with Crippen LogP contribution in [0.15, 0.2) is 72.9 Å². The molecular formula is C25H24FN3O3. The van der Waals surface area contributed by atoms with Gasteiger partial charge in [0.05, 0.1) is 13.2 Å². The van der Waals surface area contributed by atoms with E-state index in [1.54, 1.807) is 48.5 Å². The number of amides is 2. The Hall–Kier alpha value is -3.58. The molecule has 164 valence electrons. The molecule has 0 radical (unpaired) electrons. The van der Waals surface area contributed by atoms with Crippen LogP contribution in [0.4, 0.5) is 4.39 Å². The number of hydrogen-bond acceptors (Lipinski definition) is 4. The van der Waals surface area contributed by atoms with E-state index in [1.165, 1.54) is 12.1 Å². The number of ether oxygens (including phenoxy) is 1. The highest BCUT2D eigenvalue weighted by Gasteiger charge is 2.45. The van der Waals surface area contributed by atoms with Crippen molar-refractivity contribution in [1.29, 1.82) is 0 Å². The van der Waals surface area contributed by atoms with Crippen LogP contribution in [0.5, 0.6) is 0 Å². The number of morpholine rings is 1. The molecule has 1 aromatic heterocycles. The lowest BCUT2D eigenvalue weighted by Gasteiger charge is -2.41. The predicted molar refractivity (Wildman–Crippen MR) is 118 cm³/mol. The Kier molecular flexibility index (Phi) is 6.28. The maximum atomic E-state index is 13.4. The van der Waals surface area contributed by atoms with Gasteiger partial charge < -0.3 is 15.0 Å². The van der Waals surface area contributed by atoms with Crippen molar-refractivity contribution in [2.75, 3.05) is 26.7 Å². The first-order valence-corrected chi connectivity index (χ1v) is 10.4. The van der Waals surface area contributed by atoms with Crippen molar-refractivity contribution in [3.8, 4) is 11.1 Å². The fourth-order valence-corrected chi connectivity index (χ4v) is 4.05. The normalized spacial score (nSPS) is 18.2. The first kappa shape index (κ1) is 21.6. The third-order valence-corrected chi connectivity index (χ3v) is 5.65. The number of carbonyl (C=O) groups excluding carboxylic acids is 2. The van der Waals surface area contributed by atoms with Gasteiger partial charge in [-0.05, 0) is 41.0 Å². The number of halogens is 1. The average Bonchev–Trinajstić information content (AvgIpc) is 2.84. The number of rotatable bonds is 5. The quantitative estimate of drug-likeness (QED) is 0.671. The molecular weight excluding hydrogens is 409 g/mol. The lowest BCUT2D eigenvalue weighted by molar-refractivity contribution is -0.156. The number of aromatic nitrogens is 1. The molecule has 3 aromatic rings. The minimum atomic E-state index is -1.26. The standard InChI is InChI=1S/C25H24FN3O3/c1-27-24(31)25(17-29(14-15-32-25)23(30)22-8-4-5-13-28-22)16-19-6-2-3-7-21(19)18-9-11-20(26)12-10-18/h2-13H,14-17H2,1H3,(H,27,31)/t25-/m1/s1. The van der Waals surface area contributed by atoms with Gasteiger partial charge in [0, 0.05) is 26.2 Å². The summed E-state index contributed by atoms with van der Waals surface area (Å²) in [6, 6.07) is 19.0. The monoisotopic (exact) mass is 433 g/mol. The lowest BCUT2D eigenvalue weighted by Crippen LogP contribution is -2.61. The molecule has 1 N–H and O–H groups in total. The molecule has 7 heteroatoms. The molecule has 2 amide bonds. The van der Waals surface area contributed by atoms with E-state index in [0.29, 0.717) is 12.2 Å². The van der Waals surface area contributed by atoms with Crippen molar-refractivity contribution in [1.82, 2.24) is 15.2 Å². The Morgan fingerprint density at radius 1 is 1.09 bits per heavy atom. The van der Waals surface area contributed by atoms with Gasteiger partial charge >= 0.3 is 0 Å². The second-order valence-electron chi connectivity index (χ2n) is 7.70. The van der Waals surface area contributed by atoms with E-state index in [0.717, 1.165) is 16.7 Å². The minimum absolute atomic E-state index is 0.0971.